The number of nitrogens with zero attached hydrogens (tertiary/aromatic N) is 2. The Morgan fingerprint density at radius 3 is 2.36 bits per heavy atom. The average Bonchev–Trinajstić information content (AvgIpc) is 2.57. The van der Waals surface area contributed by atoms with Crippen LogP contribution < -0.4 is 10.6 Å². The van der Waals surface area contributed by atoms with E-state index in [9.17, 15) is 19.4 Å². The fraction of sp³-hybridized carbons (Fsp3) is 0.700. The standard InChI is InChI=1S/C20H31ClFN3O3/c1-19(2,27)12-5-7-13(8-6-12)25(11-16(22)20(3,4)28)15-9-17(21)24-10-14(15)18(23)26/h9-10,12-13,16,27-28H,5-8,11H2,1-4H3,(H2,23,26)/t12?,13?,16-/m1/s1. The van der Waals surface area contributed by atoms with E-state index < -0.39 is 23.3 Å². The maximum Gasteiger partial charge on any atom is 0.252 e. The van der Waals surface area contributed by atoms with Crippen molar-refractivity contribution in [3.63, 3.8) is 0 Å². The molecule has 1 saturated carbocycles. The van der Waals surface area contributed by atoms with Crippen molar-refractivity contribution in [3.8, 4) is 0 Å². The van der Waals surface area contributed by atoms with E-state index in [1.165, 1.54) is 26.1 Å². The minimum absolute atomic E-state index is 0.0734. The third-order valence-electron chi connectivity index (χ3n) is 5.68. The topological polar surface area (TPSA) is 99.7 Å². The molecular weight excluding hydrogens is 385 g/mol. The molecule has 0 unspecified atom stereocenters. The fourth-order valence-electron chi connectivity index (χ4n) is 3.78. The predicted molar refractivity (Wildman–Crippen MR) is 108 cm³/mol. The lowest BCUT2D eigenvalue weighted by molar-refractivity contribution is -0.00704. The normalized spacial score (nSPS) is 22.0. The fourth-order valence-corrected chi connectivity index (χ4v) is 3.93. The number of rotatable bonds is 7. The van der Waals surface area contributed by atoms with Crippen molar-refractivity contribution in [1.82, 2.24) is 4.98 Å². The second kappa shape index (κ2) is 8.51. The molecule has 1 aromatic heterocycles. The molecule has 0 radical (unpaired) electrons. The van der Waals surface area contributed by atoms with E-state index in [-0.39, 0.29) is 29.2 Å². The highest BCUT2D eigenvalue weighted by atomic mass is 35.5. The number of halogens is 2. The largest absolute Gasteiger partial charge is 0.390 e. The second-order valence-electron chi connectivity index (χ2n) is 8.82. The molecule has 28 heavy (non-hydrogen) atoms. The molecule has 1 aliphatic rings. The van der Waals surface area contributed by atoms with Crippen molar-refractivity contribution in [3.05, 3.63) is 23.0 Å². The molecular formula is C20H31ClFN3O3. The Bertz CT molecular complexity index is 695. The summed E-state index contributed by atoms with van der Waals surface area (Å²) in [4.78, 5) is 17.6. The van der Waals surface area contributed by atoms with Gasteiger partial charge in [0, 0.05) is 12.2 Å². The van der Waals surface area contributed by atoms with Crippen LogP contribution in [-0.4, -0.2) is 51.1 Å². The molecule has 0 saturated heterocycles. The number of hydrogen-bond acceptors (Lipinski definition) is 5. The van der Waals surface area contributed by atoms with Crippen molar-refractivity contribution in [2.24, 2.45) is 11.7 Å². The van der Waals surface area contributed by atoms with Crippen LogP contribution in [0.4, 0.5) is 10.1 Å². The van der Waals surface area contributed by atoms with Gasteiger partial charge in [0.15, 0.2) is 0 Å². The summed E-state index contributed by atoms with van der Waals surface area (Å²) in [6, 6.07) is 1.44. The van der Waals surface area contributed by atoms with Gasteiger partial charge < -0.3 is 20.8 Å². The smallest absolute Gasteiger partial charge is 0.252 e. The number of hydrogen-bond donors (Lipinski definition) is 3. The van der Waals surface area contributed by atoms with Crippen LogP contribution in [0.15, 0.2) is 12.3 Å². The van der Waals surface area contributed by atoms with E-state index >= 15 is 0 Å². The highest BCUT2D eigenvalue weighted by Crippen LogP contribution is 2.37. The summed E-state index contributed by atoms with van der Waals surface area (Å²) in [6.07, 6.45) is 2.72. The van der Waals surface area contributed by atoms with Crippen molar-refractivity contribution < 1.29 is 19.4 Å². The number of aliphatic hydroxyl groups is 2. The van der Waals surface area contributed by atoms with Gasteiger partial charge in [-0.2, -0.15) is 0 Å². The van der Waals surface area contributed by atoms with Gasteiger partial charge in [-0.05, 0) is 65.4 Å². The minimum Gasteiger partial charge on any atom is -0.390 e. The SMILES string of the molecule is CC(C)(O)C1CCC(N(C[C@@H](F)C(C)(C)O)c2cc(Cl)ncc2C(N)=O)CC1. The molecule has 0 bridgehead atoms. The van der Waals surface area contributed by atoms with Crippen molar-refractivity contribution >= 4 is 23.2 Å². The summed E-state index contributed by atoms with van der Waals surface area (Å²) in [6.45, 7) is 6.32. The minimum atomic E-state index is -1.55. The molecule has 158 valence electrons. The molecule has 0 aliphatic heterocycles. The quantitative estimate of drug-likeness (QED) is 0.594. The third-order valence-corrected chi connectivity index (χ3v) is 5.89. The van der Waals surface area contributed by atoms with E-state index in [0.29, 0.717) is 18.5 Å². The van der Waals surface area contributed by atoms with Crippen molar-refractivity contribution in [2.45, 2.75) is 76.8 Å². The summed E-state index contributed by atoms with van der Waals surface area (Å²) in [7, 11) is 0. The molecule has 0 aromatic carbocycles. The number of pyridine rings is 1. The van der Waals surface area contributed by atoms with E-state index in [4.69, 9.17) is 17.3 Å². The molecule has 1 atom stereocenters. The van der Waals surface area contributed by atoms with E-state index in [0.717, 1.165) is 12.8 Å². The van der Waals surface area contributed by atoms with Crippen molar-refractivity contribution in [1.29, 1.82) is 0 Å². The summed E-state index contributed by atoms with van der Waals surface area (Å²) in [5.74, 6) is -0.522. The lowest BCUT2D eigenvalue weighted by atomic mass is 9.76. The van der Waals surface area contributed by atoms with Crippen LogP contribution in [0.3, 0.4) is 0 Å². The molecule has 8 heteroatoms. The lowest BCUT2D eigenvalue weighted by Gasteiger charge is -2.43. The Labute approximate surface area is 170 Å². The van der Waals surface area contributed by atoms with Crippen LogP contribution in [-0.2, 0) is 0 Å². The van der Waals surface area contributed by atoms with Crippen LogP contribution in [0.25, 0.3) is 0 Å². The number of carbonyl (C=O) groups excluding carboxylic acids is 1. The second-order valence-corrected chi connectivity index (χ2v) is 9.21. The number of nitrogens with two attached hydrogens (primary N) is 1. The first kappa shape index (κ1) is 22.8. The van der Waals surface area contributed by atoms with Gasteiger partial charge in [-0.15, -0.1) is 0 Å². The Hall–Kier alpha value is -1.44. The molecule has 1 aliphatic carbocycles. The van der Waals surface area contributed by atoms with Gasteiger partial charge in [-0.1, -0.05) is 11.6 Å². The maximum atomic E-state index is 14.8. The van der Waals surface area contributed by atoms with Crippen LogP contribution in [0.5, 0.6) is 0 Å². The Morgan fingerprint density at radius 2 is 1.89 bits per heavy atom. The van der Waals surface area contributed by atoms with Gasteiger partial charge in [0.25, 0.3) is 5.91 Å². The van der Waals surface area contributed by atoms with E-state index in [1.807, 2.05) is 0 Å². The predicted octanol–water partition coefficient (Wildman–Crippen LogP) is 3.08. The zero-order chi connectivity index (χ0) is 21.3. The Kier molecular flexibility index (Phi) is 6.94. The molecule has 2 rings (SSSR count). The van der Waals surface area contributed by atoms with Crippen LogP contribution in [0.2, 0.25) is 5.15 Å². The number of aromatic nitrogens is 1. The zero-order valence-corrected chi connectivity index (χ0v) is 17.7. The van der Waals surface area contributed by atoms with Gasteiger partial charge in [0.05, 0.1) is 29.0 Å². The number of alkyl halides is 1. The number of amides is 1. The van der Waals surface area contributed by atoms with Crippen molar-refractivity contribution in [2.75, 3.05) is 11.4 Å². The first-order valence-electron chi connectivity index (χ1n) is 9.61. The molecule has 1 aromatic rings. The highest BCUT2D eigenvalue weighted by Gasteiger charge is 2.37. The van der Waals surface area contributed by atoms with Gasteiger partial charge in [-0.3, -0.25) is 4.79 Å². The summed E-state index contributed by atoms with van der Waals surface area (Å²) < 4.78 is 14.8. The number of anilines is 1. The Balaban J connectivity index is 2.37. The van der Waals surface area contributed by atoms with Crippen LogP contribution >= 0.6 is 11.6 Å². The van der Waals surface area contributed by atoms with Gasteiger partial charge in [0.1, 0.15) is 11.3 Å². The molecule has 1 amide bonds. The number of primary amides is 1. The van der Waals surface area contributed by atoms with E-state index in [1.54, 1.807) is 18.7 Å². The Morgan fingerprint density at radius 1 is 1.32 bits per heavy atom. The van der Waals surface area contributed by atoms with Gasteiger partial charge >= 0.3 is 0 Å². The first-order valence-corrected chi connectivity index (χ1v) is 9.99. The molecule has 1 heterocycles. The highest BCUT2D eigenvalue weighted by molar-refractivity contribution is 6.29. The molecule has 0 spiro atoms. The van der Waals surface area contributed by atoms with Crippen LogP contribution in [0.1, 0.15) is 63.7 Å². The van der Waals surface area contributed by atoms with Crippen LogP contribution in [0, 0.1) is 5.92 Å². The number of carbonyl (C=O) groups is 1. The lowest BCUT2D eigenvalue weighted by Crippen LogP contribution is -2.49. The monoisotopic (exact) mass is 415 g/mol. The first-order chi connectivity index (χ1) is 12.8. The third kappa shape index (κ3) is 5.55. The summed E-state index contributed by atoms with van der Waals surface area (Å²) in [5.41, 5.74) is 3.78. The summed E-state index contributed by atoms with van der Waals surface area (Å²) >= 11 is 6.05. The molecule has 4 N–H and O–H groups in total. The average molecular weight is 416 g/mol. The van der Waals surface area contributed by atoms with Gasteiger partial charge in [0.2, 0.25) is 0 Å². The van der Waals surface area contributed by atoms with Gasteiger partial charge in [-0.25, -0.2) is 9.37 Å². The maximum absolute atomic E-state index is 14.8. The van der Waals surface area contributed by atoms with E-state index in [2.05, 4.69) is 4.98 Å². The summed E-state index contributed by atoms with van der Waals surface area (Å²) in [5, 5.41) is 20.6. The zero-order valence-electron chi connectivity index (χ0n) is 17.0. The molecule has 1 fully saturated rings. The molecule has 6 nitrogen and oxygen atoms in total.